The summed E-state index contributed by atoms with van der Waals surface area (Å²) in [7, 11) is 0. The number of nitriles is 1. The maximum Gasteiger partial charge on any atom is 0.393 e. The Morgan fingerprint density at radius 1 is 1.16 bits per heavy atom. The van der Waals surface area contributed by atoms with Gasteiger partial charge in [-0.1, -0.05) is 6.07 Å². The number of nitrogens with zero attached hydrogens (tertiary/aromatic N) is 5. The van der Waals surface area contributed by atoms with Crippen LogP contribution in [0.1, 0.15) is 34.5 Å². The van der Waals surface area contributed by atoms with Gasteiger partial charge in [0, 0.05) is 47.4 Å². The standard InChI is InChI=1S/C26H26F3N7S/c1-15-16(2-3-21-19(15)8-17(11-30)32-21)12-35-6-4-25(13-35)5-7-36(14-25)22-20-9-18(10-26(27,28)29)37-23(20)34-24(31)33-22/h2-3,8-9,32H,4-7,10,12-14H2,1H3,(H2,31,33,34). The van der Waals surface area contributed by atoms with E-state index in [1.54, 1.807) is 6.07 Å². The van der Waals surface area contributed by atoms with Gasteiger partial charge in [-0.25, -0.2) is 4.98 Å². The predicted octanol–water partition coefficient (Wildman–Crippen LogP) is 5.14. The van der Waals surface area contributed by atoms with Gasteiger partial charge in [-0.2, -0.15) is 23.4 Å². The number of rotatable bonds is 4. The van der Waals surface area contributed by atoms with Crippen molar-refractivity contribution in [2.75, 3.05) is 36.8 Å². The number of aryl methyl sites for hydroxylation is 1. The van der Waals surface area contributed by atoms with Crippen molar-refractivity contribution >= 4 is 44.2 Å². The van der Waals surface area contributed by atoms with Gasteiger partial charge < -0.3 is 15.6 Å². The van der Waals surface area contributed by atoms with E-state index >= 15 is 0 Å². The second-order valence-electron chi connectivity index (χ2n) is 10.4. The Morgan fingerprint density at radius 2 is 1.97 bits per heavy atom. The number of hydrogen-bond donors (Lipinski definition) is 2. The molecule has 37 heavy (non-hydrogen) atoms. The Kier molecular flexibility index (Phi) is 5.58. The van der Waals surface area contributed by atoms with E-state index in [9.17, 15) is 18.4 Å². The fraction of sp³-hybridized carbons (Fsp3) is 0.423. The van der Waals surface area contributed by atoms with Crippen LogP contribution in [0.5, 0.6) is 0 Å². The smallest absolute Gasteiger partial charge is 0.368 e. The van der Waals surface area contributed by atoms with Gasteiger partial charge >= 0.3 is 6.18 Å². The molecule has 192 valence electrons. The van der Waals surface area contributed by atoms with Gasteiger partial charge in [-0.3, -0.25) is 4.90 Å². The SMILES string of the molecule is Cc1c(CN2CCC3(CCN(c4nc(N)nc5sc(CC(F)(F)F)cc45)C3)C2)ccc2[nH]c(C#N)cc12. The van der Waals surface area contributed by atoms with Crippen LogP contribution in [-0.2, 0) is 13.0 Å². The Balaban J connectivity index is 1.20. The number of likely N-dealkylation sites (tertiary alicyclic amines) is 1. The highest BCUT2D eigenvalue weighted by atomic mass is 32.1. The van der Waals surface area contributed by atoms with Crippen molar-refractivity contribution in [3.8, 4) is 6.07 Å². The molecule has 11 heteroatoms. The summed E-state index contributed by atoms with van der Waals surface area (Å²) in [5.41, 5.74) is 10.0. The molecule has 1 atom stereocenters. The van der Waals surface area contributed by atoms with Crippen molar-refractivity contribution in [3.05, 3.63) is 46.0 Å². The molecule has 3 N–H and O–H groups in total. The van der Waals surface area contributed by atoms with Gasteiger partial charge in [0.15, 0.2) is 0 Å². The number of thiophene rings is 1. The molecule has 2 aliphatic rings. The number of hydrogen-bond acceptors (Lipinski definition) is 7. The van der Waals surface area contributed by atoms with Crippen molar-refractivity contribution in [2.45, 2.75) is 38.9 Å². The van der Waals surface area contributed by atoms with Crippen molar-refractivity contribution in [3.63, 3.8) is 0 Å². The first-order chi connectivity index (χ1) is 17.6. The molecule has 6 rings (SSSR count). The number of halogens is 3. The lowest BCUT2D eigenvalue weighted by molar-refractivity contribution is -0.126. The minimum Gasteiger partial charge on any atom is -0.368 e. The average Bonchev–Trinajstić information content (AvgIpc) is 3.60. The zero-order valence-corrected chi connectivity index (χ0v) is 21.1. The number of aromatic nitrogens is 3. The fourth-order valence-corrected chi connectivity index (χ4v) is 7.04. The van der Waals surface area contributed by atoms with Gasteiger partial charge in [-0.15, -0.1) is 11.3 Å². The highest BCUT2D eigenvalue weighted by Crippen LogP contribution is 2.44. The lowest BCUT2D eigenvalue weighted by Gasteiger charge is -2.26. The highest BCUT2D eigenvalue weighted by Gasteiger charge is 2.44. The van der Waals surface area contributed by atoms with Crippen molar-refractivity contribution in [1.29, 1.82) is 5.26 Å². The molecule has 1 unspecified atom stereocenters. The minimum absolute atomic E-state index is 0.0899. The van der Waals surface area contributed by atoms with E-state index in [0.717, 1.165) is 67.8 Å². The van der Waals surface area contributed by atoms with E-state index in [4.69, 9.17) is 5.73 Å². The Morgan fingerprint density at radius 3 is 2.76 bits per heavy atom. The van der Waals surface area contributed by atoms with Gasteiger partial charge in [0.25, 0.3) is 0 Å². The third kappa shape index (κ3) is 4.49. The van der Waals surface area contributed by atoms with Crippen molar-refractivity contribution < 1.29 is 13.2 Å². The number of nitrogens with two attached hydrogens (primary N) is 1. The summed E-state index contributed by atoms with van der Waals surface area (Å²) in [6, 6.07) is 9.84. The molecule has 4 aromatic rings. The van der Waals surface area contributed by atoms with Crippen LogP contribution >= 0.6 is 11.3 Å². The van der Waals surface area contributed by atoms with E-state index in [0.29, 0.717) is 21.7 Å². The summed E-state index contributed by atoms with van der Waals surface area (Å²) in [5.74, 6) is 0.733. The fourth-order valence-electron chi connectivity index (χ4n) is 5.98. The zero-order chi connectivity index (χ0) is 25.9. The Labute approximate surface area is 215 Å². The molecule has 0 bridgehead atoms. The van der Waals surface area contributed by atoms with E-state index in [2.05, 4.69) is 43.8 Å². The van der Waals surface area contributed by atoms with E-state index in [1.165, 1.54) is 11.1 Å². The van der Waals surface area contributed by atoms with Crippen LogP contribution in [-0.4, -0.2) is 52.2 Å². The number of benzene rings is 1. The molecule has 0 saturated carbocycles. The molecule has 0 aliphatic carbocycles. The zero-order valence-electron chi connectivity index (χ0n) is 20.3. The van der Waals surface area contributed by atoms with Crippen LogP contribution in [0.2, 0.25) is 0 Å². The second kappa shape index (κ2) is 8.60. The molecule has 1 aromatic carbocycles. The number of nitrogens with one attached hydrogen (secondary N) is 1. The minimum atomic E-state index is -4.27. The lowest BCUT2D eigenvalue weighted by Crippen LogP contribution is -2.31. The number of anilines is 2. The second-order valence-corrected chi connectivity index (χ2v) is 11.5. The molecule has 2 saturated heterocycles. The van der Waals surface area contributed by atoms with Crippen LogP contribution in [0.4, 0.5) is 24.9 Å². The summed E-state index contributed by atoms with van der Waals surface area (Å²) in [4.78, 5) is 17.2. The molecule has 0 amide bonds. The number of alkyl halides is 3. The van der Waals surface area contributed by atoms with E-state index in [1.807, 2.05) is 12.1 Å². The van der Waals surface area contributed by atoms with Crippen molar-refractivity contribution in [2.24, 2.45) is 5.41 Å². The van der Waals surface area contributed by atoms with Crippen LogP contribution in [0, 0.1) is 23.7 Å². The van der Waals surface area contributed by atoms with Gasteiger partial charge in [-0.05, 0) is 55.6 Å². The topological polar surface area (TPSA) is 97.9 Å². The first kappa shape index (κ1) is 24.0. The van der Waals surface area contributed by atoms with Crippen molar-refractivity contribution in [1.82, 2.24) is 19.9 Å². The third-order valence-corrected chi connectivity index (χ3v) is 8.80. The van der Waals surface area contributed by atoms with Crippen LogP contribution in [0.25, 0.3) is 21.1 Å². The summed E-state index contributed by atoms with van der Waals surface area (Å²) < 4.78 is 38.9. The maximum absolute atomic E-state index is 13.0. The molecule has 0 radical (unpaired) electrons. The summed E-state index contributed by atoms with van der Waals surface area (Å²) in [6.45, 7) is 6.46. The molecule has 5 heterocycles. The van der Waals surface area contributed by atoms with Gasteiger partial charge in [0.05, 0.1) is 11.8 Å². The first-order valence-corrected chi connectivity index (χ1v) is 13.0. The molecular weight excluding hydrogens is 499 g/mol. The van der Waals surface area contributed by atoms with Crippen LogP contribution in [0.3, 0.4) is 0 Å². The number of fused-ring (bicyclic) bond motifs is 2. The summed E-state index contributed by atoms with van der Waals surface area (Å²) in [5, 5.41) is 11.0. The summed E-state index contributed by atoms with van der Waals surface area (Å²) in [6.07, 6.45) is -3.19. The molecule has 3 aromatic heterocycles. The first-order valence-electron chi connectivity index (χ1n) is 12.2. The molecule has 7 nitrogen and oxygen atoms in total. The molecule has 1 spiro atoms. The normalized spacial score (nSPS) is 20.6. The number of H-pyrrole nitrogens is 1. The molecule has 2 aliphatic heterocycles. The Bertz CT molecular complexity index is 1550. The predicted molar refractivity (Wildman–Crippen MR) is 138 cm³/mol. The monoisotopic (exact) mass is 525 g/mol. The maximum atomic E-state index is 13.0. The average molecular weight is 526 g/mol. The molecule has 2 fully saturated rings. The van der Waals surface area contributed by atoms with E-state index in [-0.39, 0.29) is 16.2 Å². The van der Waals surface area contributed by atoms with Crippen LogP contribution < -0.4 is 10.6 Å². The lowest BCUT2D eigenvalue weighted by atomic mass is 9.86. The number of aromatic amines is 1. The largest absolute Gasteiger partial charge is 0.393 e. The third-order valence-electron chi connectivity index (χ3n) is 7.77. The van der Waals surface area contributed by atoms with Gasteiger partial charge in [0.2, 0.25) is 5.95 Å². The number of nitrogen functional groups attached to an aromatic ring is 1. The Hall–Kier alpha value is -3.36. The highest BCUT2D eigenvalue weighted by molar-refractivity contribution is 7.18. The van der Waals surface area contributed by atoms with Crippen LogP contribution in [0.15, 0.2) is 24.3 Å². The van der Waals surface area contributed by atoms with E-state index < -0.39 is 12.6 Å². The quantitative estimate of drug-likeness (QED) is 0.383. The summed E-state index contributed by atoms with van der Waals surface area (Å²) >= 11 is 1.04. The molecular formula is C26H26F3N7S. The van der Waals surface area contributed by atoms with Gasteiger partial charge in [0.1, 0.15) is 22.4 Å².